The number of H-pyrrole nitrogens is 1. The Morgan fingerprint density at radius 2 is 1.92 bits per heavy atom. The largest absolute Gasteiger partial charge is 0.384 e. The zero-order valence-corrected chi connectivity index (χ0v) is 15.6. The van der Waals surface area contributed by atoms with E-state index in [0.29, 0.717) is 6.61 Å². The molecule has 0 aromatic carbocycles. The zero-order chi connectivity index (χ0) is 17.3. The number of nitrogens with zero attached hydrogens (tertiary/aromatic N) is 3. The lowest BCUT2D eigenvalue weighted by Crippen LogP contribution is -2.30. The summed E-state index contributed by atoms with van der Waals surface area (Å²) in [6.07, 6.45) is 15.3. The number of rotatable bonds is 10. The van der Waals surface area contributed by atoms with E-state index in [2.05, 4.69) is 21.1 Å². The predicted molar refractivity (Wildman–Crippen MR) is 102 cm³/mol. The van der Waals surface area contributed by atoms with Crippen molar-refractivity contribution in [2.24, 2.45) is 0 Å². The molecule has 25 heavy (non-hydrogen) atoms. The molecule has 0 spiro atoms. The second-order valence-corrected chi connectivity index (χ2v) is 7.17. The second kappa shape index (κ2) is 9.88. The topological polar surface area (TPSA) is 54.0 Å². The Balaban J connectivity index is 1.40. The number of likely N-dealkylation sites (tertiary alicyclic amines) is 1. The summed E-state index contributed by atoms with van der Waals surface area (Å²) >= 11 is 0. The third kappa shape index (κ3) is 5.51. The molecule has 1 aliphatic rings. The van der Waals surface area contributed by atoms with Gasteiger partial charge in [0.25, 0.3) is 0 Å². The summed E-state index contributed by atoms with van der Waals surface area (Å²) in [5, 5.41) is 0. The highest BCUT2D eigenvalue weighted by Gasteiger charge is 2.09. The van der Waals surface area contributed by atoms with Gasteiger partial charge in [0.15, 0.2) is 0 Å². The number of aromatic amines is 1. The molecule has 1 saturated heterocycles. The van der Waals surface area contributed by atoms with Crippen molar-refractivity contribution in [3.05, 3.63) is 23.8 Å². The molecule has 0 amide bonds. The maximum atomic E-state index is 5.12. The molecule has 5 nitrogen and oxygen atoms in total. The minimum atomic E-state index is 0.669. The molecule has 1 fully saturated rings. The van der Waals surface area contributed by atoms with E-state index in [9.17, 15) is 0 Å². The van der Waals surface area contributed by atoms with Crippen molar-refractivity contribution in [1.29, 1.82) is 0 Å². The van der Waals surface area contributed by atoms with Crippen LogP contribution in [0, 0.1) is 0 Å². The number of aryl methyl sites for hydroxylation is 1. The summed E-state index contributed by atoms with van der Waals surface area (Å²) < 4.78 is 5.12. The van der Waals surface area contributed by atoms with Gasteiger partial charge in [0.2, 0.25) is 0 Å². The van der Waals surface area contributed by atoms with E-state index in [1.165, 1.54) is 70.1 Å². The van der Waals surface area contributed by atoms with Crippen LogP contribution in [0.4, 0.5) is 0 Å². The molecule has 0 unspecified atom stereocenters. The van der Waals surface area contributed by atoms with Gasteiger partial charge in [-0.05, 0) is 57.3 Å². The first-order valence-corrected chi connectivity index (χ1v) is 9.90. The Bertz CT molecular complexity index is 634. The van der Waals surface area contributed by atoms with E-state index < -0.39 is 0 Å². The van der Waals surface area contributed by atoms with Crippen LogP contribution >= 0.6 is 0 Å². The minimum absolute atomic E-state index is 0.669. The number of hydrogen-bond donors (Lipinski definition) is 1. The van der Waals surface area contributed by atoms with Crippen LogP contribution in [0.15, 0.2) is 12.4 Å². The van der Waals surface area contributed by atoms with Crippen molar-refractivity contribution in [1.82, 2.24) is 19.9 Å². The van der Waals surface area contributed by atoms with E-state index in [1.54, 1.807) is 7.11 Å². The Morgan fingerprint density at radius 3 is 2.76 bits per heavy atom. The Labute approximate surface area is 151 Å². The van der Waals surface area contributed by atoms with Gasteiger partial charge >= 0.3 is 0 Å². The first kappa shape index (κ1) is 18.3. The first-order chi connectivity index (χ1) is 12.4. The molecule has 2 aromatic heterocycles. The molecule has 0 bridgehead atoms. The number of hydrogen-bond acceptors (Lipinski definition) is 4. The van der Waals surface area contributed by atoms with Gasteiger partial charge in [-0.3, -0.25) is 0 Å². The highest BCUT2D eigenvalue weighted by atomic mass is 16.5. The van der Waals surface area contributed by atoms with Crippen molar-refractivity contribution in [2.45, 2.75) is 57.8 Å². The number of unbranched alkanes of at least 4 members (excludes halogenated alkanes) is 3. The normalized spacial score (nSPS) is 15.9. The van der Waals surface area contributed by atoms with Crippen LogP contribution in [0.3, 0.4) is 0 Å². The quantitative estimate of drug-likeness (QED) is 0.667. The van der Waals surface area contributed by atoms with Crippen LogP contribution in [0.1, 0.15) is 56.3 Å². The fourth-order valence-corrected chi connectivity index (χ4v) is 3.69. The minimum Gasteiger partial charge on any atom is -0.384 e. The predicted octanol–water partition coefficient (Wildman–Crippen LogP) is 3.74. The van der Waals surface area contributed by atoms with Crippen LogP contribution < -0.4 is 0 Å². The van der Waals surface area contributed by atoms with Crippen molar-refractivity contribution in [3.8, 4) is 0 Å². The molecule has 0 radical (unpaired) electrons. The molecule has 0 aliphatic carbocycles. The number of nitrogens with one attached hydrogen (secondary N) is 1. The number of methoxy groups -OCH3 is 1. The van der Waals surface area contributed by atoms with Gasteiger partial charge < -0.3 is 14.6 Å². The van der Waals surface area contributed by atoms with Crippen LogP contribution in [0.2, 0.25) is 0 Å². The summed E-state index contributed by atoms with van der Waals surface area (Å²) in [7, 11) is 1.71. The van der Waals surface area contributed by atoms with Gasteiger partial charge in [-0.2, -0.15) is 0 Å². The fraction of sp³-hybridized carbons (Fsp3) is 0.700. The van der Waals surface area contributed by atoms with Gasteiger partial charge in [-0.15, -0.1) is 0 Å². The monoisotopic (exact) mass is 344 g/mol. The third-order valence-electron chi connectivity index (χ3n) is 5.19. The highest BCUT2D eigenvalue weighted by Crippen LogP contribution is 2.18. The summed E-state index contributed by atoms with van der Waals surface area (Å²) in [4.78, 5) is 15.1. The van der Waals surface area contributed by atoms with Gasteiger partial charge in [0, 0.05) is 19.7 Å². The van der Waals surface area contributed by atoms with E-state index >= 15 is 0 Å². The molecule has 0 atom stereocenters. The number of fused-ring (bicyclic) bond motifs is 1. The van der Waals surface area contributed by atoms with Gasteiger partial charge in [-0.25, -0.2) is 9.97 Å². The van der Waals surface area contributed by atoms with E-state index in [4.69, 9.17) is 9.72 Å². The molecular weight excluding hydrogens is 312 g/mol. The number of ether oxygens (including phenoxy) is 1. The van der Waals surface area contributed by atoms with Crippen LogP contribution in [0.5, 0.6) is 0 Å². The Morgan fingerprint density at radius 1 is 1.08 bits per heavy atom. The zero-order valence-electron chi connectivity index (χ0n) is 15.6. The highest BCUT2D eigenvalue weighted by molar-refractivity contribution is 5.77. The molecule has 3 heterocycles. The average Bonchev–Trinajstić information content (AvgIpc) is 3.06. The molecule has 0 saturated carbocycles. The van der Waals surface area contributed by atoms with Crippen molar-refractivity contribution in [3.63, 3.8) is 0 Å². The van der Waals surface area contributed by atoms with Crippen molar-refractivity contribution in [2.75, 3.05) is 33.4 Å². The summed E-state index contributed by atoms with van der Waals surface area (Å²) in [5.41, 5.74) is 3.46. The smallest absolute Gasteiger partial charge is 0.131 e. The maximum absolute atomic E-state index is 5.12. The molecule has 1 N–H and O–H groups in total. The van der Waals surface area contributed by atoms with Crippen LogP contribution in [-0.2, 0) is 17.6 Å². The van der Waals surface area contributed by atoms with Gasteiger partial charge in [0.1, 0.15) is 5.82 Å². The SMILES string of the molecule is COCCc1ncc2[nH]cc(CCCCCCN3CCCCC3)c2n1. The lowest BCUT2D eigenvalue weighted by atomic mass is 10.1. The summed E-state index contributed by atoms with van der Waals surface area (Å²) in [6, 6.07) is 0. The molecule has 1 aliphatic heterocycles. The Hall–Kier alpha value is -1.46. The molecular formula is C20H32N4O. The molecule has 2 aromatic rings. The second-order valence-electron chi connectivity index (χ2n) is 7.17. The molecule has 138 valence electrons. The lowest BCUT2D eigenvalue weighted by Gasteiger charge is -2.26. The van der Waals surface area contributed by atoms with Crippen molar-refractivity contribution < 1.29 is 4.74 Å². The van der Waals surface area contributed by atoms with Crippen LogP contribution in [0.25, 0.3) is 11.0 Å². The van der Waals surface area contributed by atoms with E-state index in [0.717, 1.165) is 29.7 Å². The van der Waals surface area contributed by atoms with Gasteiger partial charge in [-0.1, -0.05) is 19.3 Å². The van der Waals surface area contributed by atoms with Crippen molar-refractivity contribution >= 4 is 11.0 Å². The third-order valence-corrected chi connectivity index (χ3v) is 5.19. The standard InChI is InChI=1S/C20H32N4O/c1-25-14-10-19-22-16-18-20(23-19)17(15-21-18)9-5-2-3-6-11-24-12-7-4-8-13-24/h15-16,21H,2-14H2,1H3. The summed E-state index contributed by atoms with van der Waals surface area (Å²) in [6.45, 7) is 4.60. The van der Waals surface area contributed by atoms with E-state index in [-0.39, 0.29) is 0 Å². The maximum Gasteiger partial charge on any atom is 0.131 e. The van der Waals surface area contributed by atoms with Gasteiger partial charge in [0.05, 0.1) is 23.8 Å². The molecule has 5 heteroatoms. The molecule has 3 rings (SSSR count). The fourth-order valence-electron chi connectivity index (χ4n) is 3.69. The Kier molecular flexibility index (Phi) is 7.24. The van der Waals surface area contributed by atoms with E-state index in [1.807, 2.05) is 6.20 Å². The van der Waals surface area contributed by atoms with Crippen LogP contribution in [-0.4, -0.2) is 53.2 Å². The average molecular weight is 345 g/mol. The number of piperidine rings is 1. The lowest BCUT2D eigenvalue weighted by molar-refractivity contribution is 0.200. The first-order valence-electron chi connectivity index (χ1n) is 9.90. The summed E-state index contributed by atoms with van der Waals surface area (Å²) in [5.74, 6) is 0.872. The number of aromatic nitrogens is 3.